The van der Waals surface area contributed by atoms with E-state index >= 15 is 0 Å². The van der Waals surface area contributed by atoms with Crippen LogP contribution in [0, 0.1) is 5.92 Å². The smallest absolute Gasteiger partial charge is 0.0587 e. The van der Waals surface area contributed by atoms with Gasteiger partial charge >= 0.3 is 0 Å². The number of anilines is 1. The lowest BCUT2D eigenvalue weighted by atomic mass is 10.0. The fourth-order valence-electron chi connectivity index (χ4n) is 2.94. The molecule has 1 heterocycles. The molecule has 0 saturated carbocycles. The summed E-state index contributed by atoms with van der Waals surface area (Å²) in [5.74, 6) is 0.899. The summed E-state index contributed by atoms with van der Waals surface area (Å²) < 4.78 is 5.03. The maximum Gasteiger partial charge on any atom is 0.0587 e. The molecule has 0 aliphatic carbocycles. The zero-order valence-electron chi connectivity index (χ0n) is 12.9. The zero-order chi connectivity index (χ0) is 14.2. The molecule has 1 atom stereocenters. The van der Waals surface area contributed by atoms with Crippen LogP contribution < -0.4 is 10.2 Å². The molecular weight excluding hydrogens is 248 g/mol. The van der Waals surface area contributed by atoms with Gasteiger partial charge in [0, 0.05) is 39.0 Å². The summed E-state index contributed by atoms with van der Waals surface area (Å²) in [6.45, 7) is 7.33. The van der Waals surface area contributed by atoms with Crippen molar-refractivity contribution in [1.29, 1.82) is 0 Å². The predicted molar refractivity (Wildman–Crippen MR) is 85.3 cm³/mol. The van der Waals surface area contributed by atoms with Gasteiger partial charge in [-0.2, -0.15) is 0 Å². The number of nitrogens with one attached hydrogen (secondary N) is 1. The van der Waals surface area contributed by atoms with E-state index in [1.165, 1.54) is 43.6 Å². The molecule has 1 aliphatic heterocycles. The maximum atomic E-state index is 5.03. The molecule has 0 spiro atoms. The van der Waals surface area contributed by atoms with Crippen LogP contribution in [0.25, 0.3) is 0 Å². The van der Waals surface area contributed by atoms with Gasteiger partial charge < -0.3 is 15.0 Å². The van der Waals surface area contributed by atoms with Gasteiger partial charge in [0.1, 0.15) is 0 Å². The highest BCUT2D eigenvalue weighted by Crippen LogP contribution is 2.26. The van der Waals surface area contributed by atoms with Crippen molar-refractivity contribution in [2.75, 3.05) is 38.3 Å². The third kappa shape index (κ3) is 4.50. The van der Waals surface area contributed by atoms with Gasteiger partial charge in [-0.3, -0.25) is 0 Å². The van der Waals surface area contributed by atoms with E-state index in [-0.39, 0.29) is 0 Å². The molecule has 1 aliphatic rings. The first kappa shape index (κ1) is 15.3. The van der Waals surface area contributed by atoms with Crippen molar-refractivity contribution >= 4 is 5.69 Å². The topological polar surface area (TPSA) is 24.5 Å². The summed E-state index contributed by atoms with van der Waals surface area (Å²) in [7, 11) is 1.73. The highest BCUT2D eigenvalue weighted by molar-refractivity contribution is 5.48. The average molecular weight is 276 g/mol. The van der Waals surface area contributed by atoms with E-state index in [0.29, 0.717) is 0 Å². The van der Waals surface area contributed by atoms with Crippen LogP contribution in [0.1, 0.15) is 31.7 Å². The Morgan fingerprint density at radius 3 is 2.80 bits per heavy atom. The Labute approximate surface area is 123 Å². The first-order valence-electron chi connectivity index (χ1n) is 7.87. The Morgan fingerprint density at radius 1 is 1.30 bits per heavy atom. The Kier molecular flexibility index (Phi) is 6.34. The largest absolute Gasteiger partial charge is 0.383 e. The SMILES string of the molecule is CCCC1CCN(c2ccc(CNCCOC)cc2)C1. The Hall–Kier alpha value is -1.06. The summed E-state index contributed by atoms with van der Waals surface area (Å²) in [6, 6.07) is 9.01. The van der Waals surface area contributed by atoms with Crippen LogP contribution in [0.5, 0.6) is 0 Å². The molecule has 2 rings (SSSR count). The predicted octanol–water partition coefficient (Wildman–Crippen LogP) is 3.05. The van der Waals surface area contributed by atoms with Gasteiger partial charge in [-0.1, -0.05) is 25.5 Å². The van der Waals surface area contributed by atoms with E-state index in [1.54, 1.807) is 7.11 Å². The molecule has 1 fully saturated rings. The number of benzene rings is 1. The molecule has 3 heteroatoms. The summed E-state index contributed by atoms with van der Waals surface area (Å²) >= 11 is 0. The normalized spacial score (nSPS) is 18.7. The van der Waals surface area contributed by atoms with Crippen molar-refractivity contribution in [1.82, 2.24) is 5.32 Å². The number of ether oxygens (including phenoxy) is 1. The molecule has 0 aromatic heterocycles. The van der Waals surface area contributed by atoms with E-state index in [2.05, 4.69) is 41.4 Å². The summed E-state index contributed by atoms with van der Waals surface area (Å²) in [4.78, 5) is 2.53. The molecule has 0 amide bonds. The first-order valence-corrected chi connectivity index (χ1v) is 7.87. The van der Waals surface area contributed by atoms with Crippen LogP contribution >= 0.6 is 0 Å². The second-order valence-electron chi connectivity index (χ2n) is 5.73. The van der Waals surface area contributed by atoms with E-state index in [4.69, 9.17) is 4.74 Å². The maximum absolute atomic E-state index is 5.03. The van der Waals surface area contributed by atoms with Gasteiger partial charge in [0.2, 0.25) is 0 Å². The minimum atomic E-state index is 0.769. The van der Waals surface area contributed by atoms with E-state index < -0.39 is 0 Å². The van der Waals surface area contributed by atoms with Crippen molar-refractivity contribution in [3.8, 4) is 0 Å². The molecule has 20 heavy (non-hydrogen) atoms. The number of nitrogens with zero attached hydrogens (tertiary/aromatic N) is 1. The Balaban J connectivity index is 1.79. The molecule has 1 saturated heterocycles. The second-order valence-corrected chi connectivity index (χ2v) is 5.73. The van der Waals surface area contributed by atoms with Crippen molar-refractivity contribution in [2.24, 2.45) is 5.92 Å². The van der Waals surface area contributed by atoms with Crippen molar-refractivity contribution < 1.29 is 4.74 Å². The molecular formula is C17H28N2O. The summed E-state index contributed by atoms with van der Waals surface area (Å²) in [6.07, 6.45) is 4.04. The van der Waals surface area contributed by atoms with Gasteiger partial charge in [0.15, 0.2) is 0 Å². The van der Waals surface area contributed by atoms with Crippen LogP contribution in [0.4, 0.5) is 5.69 Å². The van der Waals surface area contributed by atoms with Gasteiger partial charge in [0.25, 0.3) is 0 Å². The van der Waals surface area contributed by atoms with Gasteiger partial charge in [-0.15, -0.1) is 0 Å². The number of methoxy groups -OCH3 is 1. The van der Waals surface area contributed by atoms with Gasteiger partial charge in [-0.25, -0.2) is 0 Å². The van der Waals surface area contributed by atoms with Gasteiger partial charge in [-0.05, 0) is 36.5 Å². The number of hydrogen-bond donors (Lipinski definition) is 1. The molecule has 1 aromatic carbocycles. The van der Waals surface area contributed by atoms with Crippen molar-refractivity contribution in [3.05, 3.63) is 29.8 Å². The second kappa shape index (κ2) is 8.28. The van der Waals surface area contributed by atoms with E-state index in [9.17, 15) is 0 Å². The van der Waals surface area contributed by atoms with Crippen LogP contribution in [-0.2, 0) is 11.3 Å². The van der Waals surface area contributed by atoms with Crippen molar-refractivity contribution in [2.45, 2.75) is 32.7 Å². The molecule has 3 nitrogen and oxygen atoms in total. The summed E-state index contributed by atoms with van der Waals surface area (Å²) in [5, 5.41) is 3.38. The fraction of sp³-hybridized carbons (Fsp3) is 0.647. The lowest BCUT2D eigenvalue weighted by Gasteiger charge is -2.19. The van der Waals surface area contributed by atoms with Crippen LogP contribution in [0.2, 0.25) is 0 Å². The average Bonchev–Trinajstić information content (AvgIpc) is 2.93. The highest BCUT2D eigenvalue weighted by atomic mass is 16.5. The molecule has 0 bridgehead atoms. The third-order valence-corrected chi connectivity index (χ3v) is 4.10. The molecule has 1 aromatic rings. The number of hydrogen-bond acceptors (Lipinski definition) is 3. The molecule has 1 N–H and O–H groups in total. The monoisotopic (exact) mass is 276 g/mol. The molecule has 112 valence electrons. The minimum absolute atomic E-state index is 0.769. The Bertz CT molecular complexity index is 377. The quantitative estimate of drug-likeness (QED) is 0.739. The number of rotatable bonds is 8. The van der Waals surface area contributed by atoms with Crippen LogP contribution in [-0.4, -0.2) is 33.4 Å². The highest BCUT2D eigenvalue weighted by Gasteiger charge is 2.21. The first-order chi connectivity index (χ1) is 9.83. The zero-order valence-corrected chi connectivity index (χ0v) is 12.9. The minimum Gasteiger partial charge on any atom is -0.383 e. The van der Waals surface area contributed by atoms with E-state index in [0.717, 1.165) is 25.6 Å². The third-order valence-electron chi connectivity index (χ3n) is 4.10. The van der Waals surface area contributed by atoms with Crippen LogP contribution in [0.15, 0.2) is 24.3 Å². The lowest BCUT2D eigenvalue weighted by molar-refractivity contribution is 0.199. The van der Waals surface area contributed by atoms with Crippen LogP contribution in [0.3, 0.4) is 0 Å². The van der Waals surface area contributed by atoms with Crippen molar-refractivity contribution in [3.63, 3.8) is 0 Å². The standard InChI is InChI=1S/C17H28N2O/c1-3-4-16-9-11-19(14-16)17-7-5-15(6-8-17)13-18-10-12-20-2/h5-8,16,18H,3-4,9-14H2,1-2H3. The molecule has 1 unspecified atom stereocenters. The Morgan fingerprint density at radius 2 is 2.10 bits per heavy atom. The van der Waals surface area contributed by atoms with Gasteiger partial charge in [0.05, 0.1) is 6.61 Å². The molecule has 0 radical (unpaired) electrons. The fourth-order valence-corrected chi connectivity index (χ4v) is 2.94. The van der Waals surface area contributed by atoms with E-state index in [1.807, 2.05) is 0 Å². The lowest BCUT2D eigenvalue weighted by Crippen LogP contribution is -2.20. The summed E-state index contributed by atoms with van der Waals surface area (Å²) in [5.41, 5.74) is 2.72.